The highest BCUT2D eigenvalue weighted by atomic mass is 16.6. The van der Waals surface area contributed by atoms with Gasteiger partial charge in [-0.3, -0.25) is 14.4 Å². The maximum atomic E-state index is 13.0. The van der Waals surface area contributed by atoms with Crippen molar-refractivity contribution in [3.63, 3.8) is 0 Å². The van der Waals surface area contributed by atoms with Crippen molar-refractivity contribution in [1.82, 2.24) is 10.6 Å². The average Bonchev–Trinajstić information content (AvgIpc) is 3.46. The largest absolute Gasteiger partial charge is 0.480 e. The quantitative estimate of drug-likeness (QED) is 0.0602. The van der Waals surface area contributed by atoms with E-state index in [1.54, 1.807) is 20.8 Å². The molecule has 2 amide bonds. The van der Waals surface area contributed by atoms with Crippen molar-refractivity contribution in [3.8, 4) is 11.1 Å². The first-order chi connectivity index (χ1) is 26.4. The van der Waals surface area contributed by atoms with Gasteiger partial charge in [-0.2, -0.15) is 0 Å². The SMILES string of the molecule is CCCCCCCCCCCCCC(=O)CC(CCC(=O)NCCCCC(NC(=O)OCC1c2ccccc2-c2ccccc21)C(=O)O)C(=O)OC(C)(C)C. The fraction of sp³-hybridized carbons (Fsp3) is 0.622. The van der Waals surface area contributed by atoms with E-state index in [1.165, 1.54) is 51.4 Å². The zero-order valence-corrected chi connectivity index (χ0v) is 33.8. The molecule has 1 aliphatic rings. The highest BCUT2D eigenvalue weighted by molar-refractivity contribution is 5.85. The molecule has 2 atom stereocenters. The van der Waals surface area contributed by atoms with Crippen molar-refractivity contribution in [1.29, 1.82) is 0 Å². The summed E-state index contributed by atoms with van der Waals surface area (Å²) in [7, 11) is 0. The second-order valence-corrected chi connectivity index (χ2v) is 16.0. The zero-order chi connectivity index (χ0) is 40.1. The van der Waals surface area contributed by atoms with Crippen LogP contribution in [0.5, 0.6) is 0 Å². The maximum absolute atomic E-state index is 13.0. The third-order valence-electron chi connectivity index (χ3n) is 10.2. The topological polar surface area (TPSA) is 148 Å². The van der Waals surface area contributed by atoms with Gasteiger partial charge in [0.25, 0.3) is 0 Å². The average molecular weight is 763 g/mol. The molecule has 2 unspecified atom stereocenters. The molecule has 10 nitrogen and oxygen atoms in total. The minimum absolute atomic E-state index is 0.0202. The molecule has 0 saturated heterocycles. The molecule has 0 spiro atoms. The number of alkyl carbamates (subject to hydrolysis) is 1. The summed E-state index contributed by atoms with van der Waals surface area (Å²) in [6.45, 7) is 7.97. The summed E-state index contributed by atoms with van der Waals surface area (Å²) in [5.74, 6) is -2.68. The number of aliphatic carboxylic acids is 1. The maximum Gasteiger partial charge on any atom is 0.407 e. The van der Waals surface area contributed by atoms with Crippen LogP contribution in [0.3, 0.4) is 0 Å². The van der Waals surface area contributed by atoms with Gasteiger partial charge in [-0.1, -0.05) is 120 Å². The van der Waals surface area contributed by atoms with E-state index in [-0.39, 0.29) is 49.9 Å². The van der Waals surface area contributed by atoms with Gasteiger partial charge in [0, 0.05) is 31.7 Å². The Morgan fingerprint density at radius 2 is 1.29 bits per heavy atom. The monoisotopic (exact) mass is 762 g/mol. The molecule has 0 bridgehead atoms. The number of ether oxygens (including phenoxy) is 2. The Kier molecular flexibility index (Phi) is 20.0. The van der Waals surface area contributed by atoms with Crippen molar-refractivity contribution >= 4 is 29.7 Å². The second-order valence-electron chi connectivity index (χ2n) is 16.0. The van der Waals surface area contributed by atoms with Gasteiger partial charge in [-0.15, -0.1) is 0 Å². The van der Waals surface area contributed by atoms with Crippen LogP contribution >= 0.6 is 0 Å². The highest BCUT2D eigenvalue weighted by Gasteiger charge is 2.30. The normalized spacial score (nSPS) is 13.3. The Morgan fingerprint density at radius 3 is 1.85 bits per heavy atom. The summed E-state index contributed by atoms with van der Waals surface area (Å²) in [5, 5.41) is 15.0. The third kappa shape index (κ3) is 17.0. The number of esters is 1. The molecular formula is C45H66N2O8. The molecule has 0 heterocycles. The number of amides is 2. The smallest absolute Gasteiger partial charge is 0.407 e. The third-order valence-corrected chi connectivity index (χ3v) is 10.2. The number of Topliss-reactive ketones (excluding diaryl/α,β-unsaturated/α-hetero) is 1. The standard InChI is InChI=1S/C45H66N2O8/c1-5-6-7-8-9-10-11-12-13-14-15-22-34(48)31-33(43(52)55-45(2,3)4)28-29-41(49)46-30-21-20-27-40(42(50)51)47-44(53)54-32-39-37-25-18-16-23-35(37)36-24-17-19-26-38(36)39/h16-19,23-26,33,39-40H,5-15,20-22,27-32H2,1-4H3,(H,46,49)(H,47,53)(H,50,51). The van der Waals surface area contributed by atoms with Gasteiger partial charge in [-0.05, 0) is 75.1 Å². The first kappa shape index (κ1) is 45.2. The van der Waals surface area contributed by atoms with Crippen molar-refractivity contribution in [2.24, 2.45) is 5.92 Å². The number of carbonyl (C=O) groups is 5. The Labute approximate surface area is 328 Å². The second kappa shape index (κ2) is 24.3. The molecular weight excluding hydrogens is 697 g/mol. The molecule has 1 aliphatic carbocycles. The summed E-state index contributed by atoms with van der Waals surface area (Å²) < 4.78 is 11.1. The van der Waals surface area contributed by atoms with E-state index in [9.17, 15) is 29.1 Å². The molecule has 2 aromatic carbocycles. The molecule has 0 radical (unpaired) electrons. The number of nitrogens with one attached hydrogen (secondary N) is 2. The minimum atomic E-state index is -1.16. The van der Waals surface area contributed by atoms with Crippen LogP contribution in [0.1, 0.15) is 160 Å². The number of carbonyl (C=O) groups excluding carboxylic acids is 4. The van der Waals surface area contributed by atoms with Gasteiger partial charge in [0.2, 0.25) is 5.91 Å². The van der Waals surface area contributed by atoms with Crippen LogP contribution in [0, 0.1) is 5.92 Å². The molecule has 3 rings (SSSR count). The summed E-state index contributed by atoms with van der Waals surface area (Å²) in [5.41, 5.74) is 3.63. The molecule has 2 aromatic rings. The Bertz CT molecular complexity index is 1470. The van der Waals surface area contributed by atoms with Crippen molar-refractivity contribution in [2.45, 2.75) is 161 Å². The van der Waals surface area contributed by atoms with E-state index in [4.69, 9.17) is 9.47 Å². The van der Waals surface area contributed by atoms with Crippen LogP contribution in [0.4, 0.5) is 4.79 Å². The van der Waals surface area contributed by atoms with Gasteiger partial charge in [0.05, 0.1) is 5.92 Å². The van der Waals surface area contributed by atoms with Crippen molar-refractivity contribution < 1.29 is 38.6 Å². The van der Waals surface area contributed by atoms with E-state index in [2.05, 4.69) is 17.6 Å². The Balaban J connectivity index is 1.33. The van der Waals surface area contributed by atoms with E-state index in [0.717, 1.165) is 41.5 Å². The van der Waals surface area contributed by atoms with Crippen LogP contribution in [0.25, 0.3) is 11.1 Å². The Morgan fingerprint density at radius 1 is 0.727 bits per heavy atom. The van der Waals surface area contributed by atoms with Crippen LogP contribution in [-0.2, 0) is 28.7 Å². The summed E-state index contributed by atoms with van der Waals surface area (Å²) >= 11 is 0. The number of carboxylic acid groups (broad SMARTS) is 1. The van der Waals surface area contributed by atoms with Crippen molar-refractivity contribution in [3.05, 3.63) is 59.7 Å². The van der Waals surface area contributed by atoms with Gasteiger partial charge >= 0.3 is 18.0 Å². The van der Waals surface area contributed by atoms with E-state index in [1.807, 2.05) is 48.5 Å². The number of hydrogen-bond acceptors (Lipinski definition) is 7. The summed E-state index contributed by atoms with van der Waals surface area (Å²) in [6, 6.07) is 14.8. The van der Waals surface area contributed by atoms with E-state index in [0.29, 0.717) is 25.8 Å². The fourth-order valence-corrected chi connectivity index (χ4v) is 7.19. The van der Waals surface area contributed by atoms with Gasteiger partial charge in [0.1, 0.15) is 24.0 Å². The lowest BCUT2D eigenvalue weighted by Crippen LogP contribution is -2.41. The van der Waals surface area contributed by atoms with Gasteiger partial charge in [-0.25, -0.2) is 9.59 Å². The minimum Gasteiger partial charge on any atom is -0.480 e. The molecule has 3 N–H and O–H groups in total. The van der Waals surface area contributed by atoms with Crippen LogP contribution < -0.4 is 10.6 Å². The lowest BCUT2D eigenvalue weighted by atomic mass is 9.94. The number of ketones is 1. The van der Waals surface area contributed by atoms with Crippen molar-refractivity contribution in [2.75, 3.05) is 13.2 Å². The predicted molar refractivity (Wildman–Crippen MR) is 216 cm³/mol. The lowest BCUT2D eigenvalue weighted by Gasteiger charge is -2.23. The number of benzene rings is 2. The number of unbranched alkanes of at least 4 members (excludes halogenated alkanes) is 11. The first-order valence-electron chi connectivity index (χ1n) is 20.7. The number of fused-ring (bicyclic) bond motifs is 3. The van der Waals surface area contributed by atoms with E-state index < -0.39 is 35.6 Å². The predicted octanol–water partition coefficient (Wildman–Crippen LogP) is 9.66. The first-order valence-corrected chi connectivity index (χ1v) is 20.7. The molecule has 0 aromatic heterocycles. The number of rotatable bonds is 27. The number of hydrogen-bond donors (Lipinski definition) is 3. The zero-order valence-electron chi connectivity index (χ0n) is 33.8. The molecule has 304 valence electrons. The molecule has 55 heavy (non-hydrogen) atoms. The molecule has 10 heteroatoms. The number of carboxylic acids is 1. The lowest BCUT2D eigenvalue weighted by molar-refractivity contribution is -0.161. The summed E-state index contributed by atoms with van der Waals surface area (Å²) in [6.07, 6.45) is 14.3. The van der Waals surface area contributed by atoms with Gasteiger partial charge in [0.15, 0.2) is 0 Å². The Hall–Kier alpha value is -4.21. The van der Waals surface area contributed by atoms with Gasteiger partial charge < -0.3 is 25.2 Å². The molecule has 0 saturated carbocycles. The van der Waals surface area contributed by atoms with E-state index >= 15 is 0 Å². The van der Waals surface area contributed by atoms with Crippen LogP contribution in [-0.4, -0.2) is 59.6 Å². The van der Waals surface area contributed by atoms with Crippen LogP contribution in [0.15, 0.2) is 48.5 Å². The molecule has 0 aliphatic heterocycles. The highest BCUT2D eigenvalue weighted by Crippen LogP contribution is 2.44. The van der Waals surface area contributed by atoms with Crippen LogP contribution in [0.2, 0.25) is 0 Å². The molecule has 0 fully saturated rings. The fourth-order valence-electron chi connectivity index (χ4n) is 7.19. The summed E-state index contributed by atoms with van der Waals surface area (Å²) in [4.78, 5) is 63.1.